The van der Waals surface area contributed by atoms with Crippen LogP contribution in [0.15, 0.2) is 18.3 Å². The molecule has 1 aliphatic heterocycles. The maximum Gasteiger partial charge on any atom is 0.128 e. The third-order valence-corrected chi connectivity index (χ3v) is 2.72. The van der Waals surface area contributed by atoms with E-state index in [1.165, 1.54) is 12.0 Å². The molecule has 1 aliphatic rings. The summed E-state index contributed by atoms with van der Waals surface area (Å²) in [6.07, 6.45) is 3.19. The van der Waals surface area contributed by atoms with E-state index >= 15 is 0 Å². The number of hydrogen-bond donors (Lipinski definition) is 0. The molecule has 3 heteroatoms. The number of rotatable bonds is 1. The lowest BCUT2D eigenvalue weighted by molar-refractivity contribution is 0.312. The molecular formula is C14H25N3. The fourth-order valence-corrected chi connectivity index (χ4v) is 1.68. The zero-order valence-corrected chi connectivity index (χ0v) is 11.6. The van der Waals surface area contributed by atoms with Gasteiger partial charge in [0.25, 0.3) is 0 Å². The van der Waals surface area contributed by atoms with Gasteiger partial charge in [0.05, 0.1) is 0 Å². The Hall–Kier alpha value is -1.09. The summed E-state index contributed by atoms with van der Waals surface area (Å²) in [4.78, 5) is 9.13. The molecule has 3 nitrogen and oxygen atoms in total. The van der Waals surface area contributed by atoms with Crippen LogP contribution in [0.25, 0.3) is 0 Å². The van der Waals surface area contributed by atoms with Gasteiger partial charge in [-0.3, -0.25) is 0 Å². The van der Waals surface area contributed by atoms with E-state index in [0.29, 0.717) is 0 Å². The van der Waals surface area contributed by atoms with E-state index in [1.54, 1.807) is 0 Å². The van der Waals surface area contributed by atoms with E-state index in [4.69, 9.17) is 0 Å². The first-order valence-electron chi connectivity index (χ1n) is 6.53. The van der Waals surface area contributed by atoms with Crippen LogP contribution in [0.1, 0.15) is 25.8 Å². The van der Waals surface area contributed by atoms with Gasteiger partial charge in [0.2, 0.25) is 0 Å². The van der Waals surface area contributed by atoms with Crippen LogP contribution in [0.4, 0.5) is 5.82 Å². The van der Waals surface area contributed by atoms with Crippen LogP contribution in [0.5, 0.6) is 0 Å². The second-order valence-electron chi connectivity index (χ2n) is 4.69. The molecule has 0 radical (unpaired) electrons. The molecule has 0 spiro atoms. The molecule has 2 rings (SSSR count). The van der Waals surface area contributed by atoms with Crippen LogP contribution < -0.4 is 4.90 Å². The van der Waals surface area contributed by atoms with Crippen LogP contribution in [-0.2, 0) is 0 Å². The van der Waals surface area contributed by atoms with E-state index in [9.17, 15) is 0 Å². The molecule has 0 amide bonds. The van der Waals surface area contributed by atoms with E-state index in [0.717, 1.165) is 32.0 Å². The van der Waals surface area contributed by atoms with E-state index < -0.39 is 0 Å². The highest BCUT2D eigenvalue weighted by Gasteiger charge is 2.14. The summed E-state index contributed by atoms with van der Waals surface area (Å²) in [5, 5.41) is 0. The molecule has 0 unspecified atom stereocenters. The average Bonchev–Trinajstić information content (AvgIpc) is 2.32. The van der Waals surface area contributed by atoms with E-state index in [2.05, 4.69) is 54.7 Å². The highest BCUT2D eigenvalue weighted by atomic mass is 15.3. The van der Waals surface area contributed by atoms with E-state index in [-0.39, 0.29) is 0 Å². The molecule has 0 atom stereocenters. The minimum atomic E-state index is 1.09. The molecule has 1 aromatic rings. The summed E-state index contributed by atoms with van der Waals surface area (Å²) >= 11 is 0. The van der Waals surface area contributed by atoms with Crippen molar-refractivity contribution in [2.24, 2.45) is 0 Å². The molecule has 1 saturated heterocycles. The number of aromatic nitrogens is 1. The third kappa shape index (κ3) is 4.73. The van der Waals surface area contributed by atoms with Crippen molar-refractivity contribution in [2.45, 2.75) is 27.2 Å². The van der Waals surface area contributed by atoms with Gasteiger partial charge in [-0.25, -0.2) is 4.98 Å². The zero-order chi connectivity index (χ0) is 12.7. The Labute approximate surface area is 105 Å². The monoisotopic (exact) mass is 235 g/mol. The Balaban J connectivity index is 0.000000437. The normalized spacial score (nSPS) is 16.4. The first kappa shape index (κ1) is 14.0. The van der Waals surface area contributed by atoms with E-state index in [1.807, 2.05) is 6.20 Å². The number of aryl methyl sites for hydroxylation is 1. The maximum absolute atomic E-state index is 4.43. The predicted molar refractivity (Wildman–Crippen MR) is 74.6 cm³/mol. The average molecular weight is 235 g/mol. The van der Waals surface area contributed by atoms with Gasteiger partial charge < -0.3 is 9.80 Å². The predicted octanol–water partition coefficient (Wildman–Crippen LogP) is 2.56. The number of nitrogens with zero attached hydrogens (tertiary/aromatic N) is 3. The quantitative estimate of drug-likeness (QED) is 0.746. The van der Waals surface area contributed by atoms with Gasteiger partial charge in [0.15, 0.2) is 0 Å². The summed E-state index contributed by atoms with van der Waals surface area (Å²) in [7, 11) is 2.17. The largest absolute Gasteiger partial charge is 0.354 e. The van der Waals surface area contributed by atoms with Crippen molar-refractivity contribution in [1.82, 2.24) is 9.88 Å². The summed E-state index contributed by atoms with van der Waals surface area (Å²) in [6, 6.07) is 4.24. The Bertz CT molecular complexity index is 300. The molecule has 0 aromatic carbocycles. The first-order chi connectivity index (χ1) is 8.17. The van der Waals surface area contributed by atoms with Gasteiger partial charge in [-0.05, 0) is 25.6 Å². The smallest absolute Gasteiger partial charge is 0.128 e. The zero-order valence-electron chi connectivity index (χ0n) is 11.6. The number of hydrogen-bond acceptors (Lipinski definition) is 3. The molecular weight excluding hydrogens is 210 g/mol. The lowest BCUT2D eigenvalue weighted by Gasteiger charge is -2.33. The first-order valence-corrected chi connectivity index (χ1v) is 6.53. The third-order valence-electron chi connectivity index (χ3n) is 2.72. The van der Waals surface area contributed by atoms with Gasteiger partial charge in [-0.1, -0.05) is 26.3 Å². The fourth-order valence-electron chi connectivity index (χ4n) is 1.68. The van der Waals surface area contributed by atoms with Crippen LogP contribution in [0, 0.1) is 6.92 Å². The van der Waals surface area contributed by atoms with Crippen molar-refractivity contribution in [3.63, 3.8) is 0 Å². The van der Waals surface area contributed by atoms with Crippen molar-refractivity contribution in [2.75, 3.05) is 38.1 Å². The summed E-state index contributed by atoms with van der Waals surface area (Å²) in [5.41, 5.74) is 1.22. The Morgan fingerprint density at radius 3 is 2.18 bits per heavy atom. The molecule has 1 aromatic heterocycles. The minimum Gasteiger partial charge on any atom is -0.354 e. The molecule has 1 fully saturated rings. The standard InChI is InChI=1S/C11H17N3.C3H8/c1-10-3-4-11(12-9-10)14-7-5-13(2)6-8-14;1-3-2/h3-4,9H,5-8H2,1-2H3;3H2,1-2H3. The maximum atomic E-state index is 4.43. The summed E-state index contributed by atoms with van der Waals surface area (Å²) in [6.45, 7) is 10.8. The van der Waals surface area contributed by atoms with Crippen molar-refractivity contribution < 1.29 is 0 Å². The molecule has 17 heavy (non-hydrogen) atoms. The van der Waals surface area contributed by atoms with Crippen LogP contribution in [0.2, 0.25) is 0 Å². The lowest BCUT2D eigenvalue weighted by atomic mass is 10.3. The van der Waals surface area contributed by atoms with Gasteiger partial charge in [0, 0.05) is 32.4 Å². The molecule has 96 valence electrons. The van der Waals surface area contributed by atoms with Crippen molar-refractivity contribution in [1.29, 1.82) is 0 Å². The van der Waals surface area contributed by atoms with Crippen LogP contribution in [0.3, 0.4) is 0 Å². The second-order valence-corrected chi connectivity index (χ2v) is 4.69. The number of pyridine rings is 1. The van der Waals surface area contributed by atoms with Crippen molar-refractivity contribution in [3.05, 3.63) is 23.9 Å². The highest BCUT2D eigenvalue weighted by molar-refractivity contribution is 5.39. The Kier molecular flexibility index (Phi) is 5.98. The topological polar surface area (TPSA) is 19.4 Å². The van der Waals surface area contributed by atoms with Crippen molar-refractivity contribution in [3.8, 4) is 0 Å². The molecule has 0 bridgehead atoms. The minimum absolute atomic E-state index is 1.09. The number of piperazine rings is 1. The van der Waals surface area contributed by atoms with Gasteiger partial charge >= 0.3 is 0 Å². The molecule has 2 heterocycles. The van der Waals surface area contributed by atoms with Crippen molar-refractivity contribution >= 4 is 5.82 Å². The summed E-state index contributed by atoms with van der Waals surface area (Å²) in [5.74, 6) is 1.11. The summed E-state index contributed by atoms with van der Waals surface area (Å²) < 4.78 is 0. The Morgan fingerprint density at radius 2 is 1.71 bits per heavy atom. The van der Waals surface area contributed by atoms with Crippen LogP contribution >= 0.6 is 0 Å². The second kappa shape index (κ2) is 7.28. The van der Waals surface area contributed by atoms with Crippen LogP contribution in [-0.4, -0.2) is 43.1 Å². The SMILES string of the molecule is CCC.Cc1ccc(N2CCN(C)CC2)nc1. The molecule has 0 saturated carbocycles. The lowest BCUT2D eigenvalue weighted by Crippen LogP contribution is -2.44. The molecule has 0 N–H and O–H groups in total. The molecule has 0 aliphatic carbocycles. The fraction of sp³-hybridized carbons (Fsp3) is 0.643. The van der Waals surface area contributed by atoms with Gasteiger partial charge in [-0.15, -0.1) is 0 Å². The number of anilines is 1. The van der Waals surface area contributed by atoms with Gasteiger partial charge in [0.1, 0.15) is 5.82 Å². The number of likely N-dealkylation sites (N-methyl/N-ethyl adjacent to an activating group) is 1. The highest BCUT2D eigenvalue weighted by Crippen LogP contribution is 2.12. The Morgan fingerprint density at radius 1 is 1.12 bits per heavy atom. The van der Waals surface area contributed by atoms with Gasteiger partial charge in [-0.2, -0.15) is 0 Å².